The molecule has 1 atom stereocenters. The number of carbonyl (C=O) groups excluding carboxylic acids is 2. The molecule has 1 unspecified atom stereocenters. The van der Waals surface area contributed by atoms with Gasteiger partial charge in [-0.3, -0.25) is 10.1 Å². The van der Waals surface area contributed by atoms with Crippen molar-refractivity contribution in [3.63, 3.8) is 0 Å². The second-order valence-electron chi connectivity index (χ2n) is 2.73. The number of rotatable bonds is 1. The molecule has 1 heterocycles. The molecule has 0 aromatic carbocycles. The van der Waals surface area contributed by atoms with Gasteiger partial charge in [-0.05, 0) is 6.92 Å². The molecule has 1 aliphatic rings. The zero-order valence-electron chi connectivity index (χ0n) is 6.76. The molecule has 0 bridgehead atoms. The first kappa shape index (κ1) is 8.04. The van der Waals surface area contributed by atoms with E-state index in [0.717, 1.165) is 0 Å². The largest absolute Gasteiger partial charge is 0.324 e. The lowest BCUT2D eigenvalue weighted by Gasteiger charge is -2.29. The summed E-state index contributed by atoms with van der Waals surface area (Å²) in [7, 11) is 0. The van der Waals surface area contributed by atoms with Crippen LogP contribution in [0.3, 0.4) is 0 Å². The number of nitrogens with one attached hydrogen (secondary N) is 1. The summed E-state index contributed by atoms with van der Waals surface area (Å²) in [4.78, 5) is 23.5. The van der Waals surface area contributed by atoms with Crippen molar-refractivity contribution < 1.29 is 9.59 Å². The summed E-state index contributed by atoms with van der Waals surface area (Å²) in [6.07, 6.45) is 0. The number of urea groups is 1. The Labute approximate surface area is 65.6 Å². The monoisotopic (exact) mass is 156 g/mol. The molecule has 0 spiro atoms. The van der Waals surface area contributed by atoms with Crippen molar-refractivity contribution in [2.75, 3.05) is 13.1 Å². The number of amides is 3. The summed E-state index contributed by atoms with van der Waals surface area (Å²) >= 11 is 0. The highest BCUT2D eigenvalue weighted by atomic mass is 16.2. The number of carbonyl (C=O) groups is 2. The molecule has 1 rings (SSSR count). The van der Waals surface area contributed by atoms with E-state index in [-0.39, 0.29) is 17.9 Å². The summed E-state index contributed by atoms with van der Waals surface area (Å²) in [5.74, 6) is -0.243. The molecule has 0 aromatic heterocycles. The summed E-state index contributed by atoms with van der Waals surface area (Å²) in [5.41, 5.74) is 0. The minimum atomic E-state index is -0.268. The van der Waals surface area contributed by atoms with E-state index in [1.54, 1.807) is 4.90 Å². The Bertz CT molecular complexity index is 191. The van der Waals surface area contributed by atoms with Crippen molar-refractivity contribution in [3.8, 4) is 0 Å². The Hall–Kier alpha value is -1.06. The van der Waals surface area contributed by atoms with E-state index in [1.165, 1.54) is 0 Å². The Morgan fingerprint density at radius 2 is 2.27 bits per heavy atom. The topological polar surface area (TPSA) is 49.4 Å². The van der Waals surface area contributed by atoms with Gasteiger partial charge in [-0.1, -0.05) is 6.92 Å². The third kappa shape index (κ3) is 1.50. The van der Waals surface area contributed by atoms with Gasteiger partial charge in [0.25, 0.3) is 0 Å². The molecule has 0 saturated carbocycles. The third-order valence-electron chi connectivity index (χ3n) is 1.84. The average molecular weight is 156 g/mol. The van der Waals surface area contributed by atoms with Crippen molar-refractivity contribution >= 4 is 11.9 Å². The van der Waals surface area contributed by atoms with Crippen LogP contribution in [0.4, 0.5) is 4.79 Å². The highest BCUT2D eigenvalue weighted by molar-refractivity contribution is 5.97. The smallest absolute Gasteiger partial charge is 0.324 e. The van der Waals surface area contributed by atoms with Gasteiger partial charge in [-0.15, -0.1) is 0 Å². The standard InChI is InChI=1S/C7H12N2O2/c1-3-9-4-5(2)6(10)8-7(9)11/h5H,3-4H2,1-2H3,(H,8,10,11). The van der Waals surface area contributed by atoms with Crippen molar-refractivity contribution in [2.24, 2.45) is 5.92 Å². The van der Waals surface area contributed by atoms with Crippen LogP contribution in [-0.4, -0.2) is 29.9 Å². The van der Waals surface area contributed by atoms with E-state index in [0.29, 0.717) is 13.1 Å². The van der Waals surface area contributed by atoms with E-state index in [1.807, 2.05) is 13.8 Å². The first-order chi connectivity index (χ1) is 5.15. The van der Waals surface area contributed by atoms with Crippen molar-refractivity contribution in [1.82, 2.24) is 10.2 Å². The van der Waals surface area contributed by atoms with Crippen LogP contribution in [0.1, 0.15) is 13.8 Å². The molecular weight excluding hydrogens is 144 g/mol. The van der Waals surface area contributed by atoms with Crippen LogP contribution < -0.4 is 5.32 Å². The summed E-state index contributed by atoms with van der Waals surface area (Å²) in [5, 5.41) is 2.28. The van der Waals surface area contributed by atoms with E-state index < -0.39 is 0 Å². The fourth-order valence-corrected chi connectivity index (χ4v) is 1.08. The van der Waals surface area contributed by atoms with Crippen molar-refractivity contribution in [3.05, 3.63) is 0 Å². The molecule has 11 heavy (non-hydrogen) atoms. The van der Waals surface area contributed by atoms with E-state index in [9.17, 15) is 9.59 Å². The molecule has 3 amide bonds. The molecule has 0 radical (unpaired) electrons. The molecule has 1 N–H and O–H groups in total. The Morgan fingerprint density at radius 3 is 2.82 bits per heavy atom. The quantitative estimate of drug-likeness (QED) is 0.589. The zero-order chi connectivity index (χ0) is 8.43. The van der Waals surface area contributed by atoms with Gasteiger partial charge >= 0.3 is 6.03 Å². The van der Waals surface area contributed by atoms with Gasteiger partial charge in [0.2, 0.25) is 5.91 Å². The summed E-state index contributed by atoms with van der Waals surface area (Å²) in [6, 6.07) is -0.268. The minimum absolute atomic E-state index is 0.0763. The highest BCUT2D eigenvalue weighted by Gasteiger charge is 2.27. The van der Waals surface area contributed by atoms with Gasteiger partial charge in [-0.2, -0.15) is 0 Å². The maximum absolute atomic E-state index is 11.0. The predicted octanol–water partition coefficient (Wildman–Crippen LogP) is 0.194. The normalized spacial score (nSPS) is 25.3. The predicted molar refractivity (Wildman–Crippen MR) is 39.9 cm³/mol. The maximum Gasteiger partial charge on any atom is 0.324 e. The van der Waals surface area contributed by atoms with Gasteiger partial charge in [-0.25, -0.2) is 4.79 Å². The van der Waals surface area contributed by atoms with Crippen LogP contribution in [0.25, 0.3) is 0 Å². The van der Waals surface area contributed by atoms with E-state index >= 15 is 0 Å². The van der Waals surface area contributed by atoms with Crippen LogP contribution in [0.5, 0.6) is 0 Å². The van der Waals surface area contributed by atoms with Crippen LogP contribution in [0, 0.1) is 5.92 Å². The Morgan fingerprint density at radius 1 is 1.64 bits per heavy atom. The van der Waals surface area contributed by atoms with Gasteiger partial charge in [0.1, 0.15) is 0 Å². The number of hydrogen-bond acceptors (Lipinski definition) is 2. The first-order valence-corrected chi connectivity index (χ1v) is 3.75. The Balaban J connectivity index is 2.62. The van der Waals surface area contributed by atoms with E-state index in [4.69, 9.17) is 0 Å². The number of hydrogen-bond donors (Lipinski definition) is 1. The second kappa shape index (κ2) is 2.90. The van der Waals surface area contributed by atoms with Gasteiger partial charge < -0.3 is 4.90 Å². The molecule has 1 saturated heterocycles. The molecule has 0 aliphatic carbocycles. The lowest BCUT2D eigenvalue weighted by atomic mass is 10.1. The lowest BCUT2D eigenvalue weighted by Crippen LogP contribution is -2.53. The average Bonchev–Trinajstić information content (AvgIpc) is 1.97. The lowest BCUT2D eigenvalue weighted by molar-refractivity contribution is -0.125. The fraction of sp³-hybridized carbons (Fsp3) is 0.714. The summed E-state index contributed by atoms with van der Waals surface area (Å²) < 4.78 is 0. The number of imide groups is 1. The van der Waals surface area contributed by atoms with Crippen LogP contribution in [-0.2, 0) is 4.79 Å². The van der Waals surface area contributed by atoms with Gasteiger partial charge in [0, 0.05) is 13.1 Å². The van der Waals surface area contributed by atoms with Gasteiger partial charge in [0.15, 0.2) is 0 Å². The molecule has 4 heteroatoms. The van der Waals surface area contributed by atoms with E-state index in [2.05, 4.69) is 5.32 Å². The molecule has 4 nitrogen and oxygen atoms in total. The first-order valence-electron chi connectivity index (χ1n) is 3.75. The minimum Gasteiger partial charge on any atom is -0.324 e. The van der Waals surface area contributed by atoms with Crippen LogP contribution >= 0.6 is 0 Å². The zero-order valence-corrected chi connectivity index (χ0v) is 6.76. The highest BCUT2D eigenvalue weighted by Crippen LogP contribution is 2.05. The fourth-order valence-electron chi connectivity index (χ4n) is 1.08. The SMILES string of the molecule is CCN1CC(C)C(=O)NC1=O. The van der Waals surface area contributed by atoms with Crippen LogP contribution in [0.15, 0.2) is 0 Å². The van der Waals surface area contributed by atoms with Gasteiger partial charge in [0.05, 0.1) is 5.92 Å². The van der Waals surface area contributed by atoms with Crippen molar-refractivity contribution in [2.45, 2.75) is 13.8 Å². The van der Waals surface area contributed by atoms with Crippen LogP contribution in [0.2, 0.25) is 0 Å². The number of nitrogens with zero attached hydrogens (tertiary/aromatic N) is 1. The molecule has 62 valence electrons. The second-order valence-corrected chi connectivity index (χ2v) is 2.73. The Kier molecular flexibility index (Phi) is 2.12. The maximum atomic E-state index is 11.0. The molecule has 0 aromatic rings. The van der Waals surface area contributed by atoms with Crippen molar-refractivity contribution in [1.29, 1.82) is 0 Å². The molecule has 1 aliphatic heterocycles. The third-order valence-corrected chi connectivity index (χ3v) is 1.84. The summed E-state index contributed by atoms with van der Waals surface area (Å²) in [6.45, 7) is 4.90. The molecular formula is C7H12N2O2. The molecule has 1 fully saturated rings.